The Hall–Kier alpha value is -1.58. The summed E-state index contributed by atoms with van der Waals surface area (Å²) in [7, 11) is 0. The second-order valence-electron chi connectivity index (χ2n) is 5.53. The van der Waals surface area contributed by atoms with E-state index in [1.54, 1.807) is 0 Å². The van der Waals surface area contributed by atoms with E-state index in [-0.39, 0.29) is 0 Å². The molecule has 2 aromatic carbocycles. The zero-order chi connectivity index (χ0) is 13.9. The van der Waals surface area contributed by atoms with Crippen molar-refractivity contribution >= 4 is 16.5 Å². The van der Waals surface area contributed by atoms with Crippen molar-refractivity contribution in [3.05, 3.63) is 42.0 Å². The number of benzene rings is 2. The number of nitrogens with two attached hydrogens (primary N) is 1. The van der Waals surface area contributed by atoms with E-state index >= 15 is 0 Å². The maximum absolute atomic E-state index is 6.21. The first-order valence-electron chi connectivity index (χ1n) is 7.37. The van der Waals surface area contributed by atoms with Gasteiger partial charge in [0.1, 0.15) is 0 Å². The summed E-state index contributed by atoms with van der Waals surface area (Å²) in [5, 5.41) is 2.47. The highest BCUT2D eigenvalue weighted by Crippen LogP contribution is 2.24. The van der Waals surface area contributed by atoms with Gasteiger partial charge in [0.2, 0.25) is 0 Å². The van der Waals surface area contributed by atoms with Crippen molar-refractivity contribution in [1.29, 1.82) is 0 Å². The number of anilines is 1. The monoisotopic (exact) mass is 270 g/mol. The fraction of sp³-hybridized carbons (Fsp3) is 0.412. The molecule has 0 saturated carbocycles. The molecule has 3 nitrogen and oxygen atoms in total. The van der Waals surface area contributed by atoms with Crippen LogP contribution in [0.4, 0.5) is 5.69 Å². The zero-order valence-electron chi connectivity index (χ0n) is 12.0. The molecule has 3 rings (SSSR count). The molecule has 3 heteroatoms. The van der Waals surface area contributed by atoms with Gasteiger partial charge >= 0.3 is 0 Å². The Kier molecular flexibility index (Phi) is 3.90. The van der Waals surface area contributed by atoms with E-state index in [1.165, 1.54) is 16.3 Å². The average Bonchev–Trinajstić information content (AvgIpc) is 2.48. The lowest BCUT2D eigenvalue weighted by molar-refractivity contribution is -0.0324. The summed E-state index contributed by atoms with van der Waals surface area (Å²) in [4.78, 5) is 2.44. The largest absolute Gasteiger partial charge is 0.398 e. The van der Waals surface area contributed by atoms with Crippen LogP contribution in [0.25, 0.3) is 10.8 Å². The summed E-state index contributed by atoms with van der Waals surface area (Å²) >= 11 is 0. The quantitative estimate of drug-likeness (QED) is 0.871. The minimum Gasteiger partial charge on any atom is -0.398 e. The molecule has 0 radical (unpaired) electrons. The maximum atomic E-state index is 6.21. The van der Waals surface area contributed by atoms with E-state index < -0.39 is 0 Å². The molecular formula is C17H22N2O. The second kappa shape index (κ2) is 5.81. The van der Waals surface area contributed by atoms with Crippen LogP contribution in [0.1, 0.15) is 18.9 Å². The lowest BCUT2D eigenvalue weighted by Gasteiger charge is -2.32. The molecule has 106 valence electrons. The molecule has 0 spiro atoms. The first kappa shape index (κ1) is 13.4. The van der Waals surface area contributed by atoms with Gasteiger partial charge in [-0.3, -0.25) is 4.90 Å². The average molecular weight is 270 g/mol. The second-order valence-corrected chi connectivity index (χ2v) is 5.53. The van der Waals surface area contributed by atoms with Crippen LogP contribution < -0.4 is 5.73 Å². The fourth-order valence-corrected chi connectivity index (χ4v) is 2.85. The van der Waals surface area contributed by atoms with Crippen LogP contribution in [0.5, 0.6) is 0 Å². The van der Waals surface area contributed by atoms with Gasteiger partial charge < -0.3 is 10.5 Å². The molecule has 1 aliphatic heterocycles. The van der Waals surface area contributed by atoms with Crippen molar-refractivity contribution in [2.45, 2.75) is 26.0 Å². The van der Waals surface area contributed by atoms with Crippen molar-refractivity contribution in [2.24, 2.45) is 0 Å². The number of rotatable bonds is 3. The van der Waals surface area contributed by atoms with Gasteiger partial charge in [0, 0.05) is 25.3 Å². The van der Waals surface area contributed by atoms with E-state index in [0.29, 0.717) is 6.10 Å². The van der Waals surface area contributed by atoms with Crippen molar-refractivity contribution < 1.29 is 4.74 Å². The van der Waals surface area contributed by atoms with Crippen molar-refractivity contribution in [1.82, 2.24) is 4.90 Å². The minimum atomic E-state index is 0.366. The topological polar surface area (TPSA) is 38.5 Å². The third-order valence-electron chi connectivity index (χ3n) is 4.08. The van der Waals surface area contributed by atoms with Crippen LogP contribution in [0.15, 0.2) is 36.4 Å². The molecule has 1 atom stereocenters. The Labute approximate surface area is 120 Å². The molecule has 1 aliphatic rings. The Morgan fingerprint density at radius 1 is 1.25 bits per heavy atom. The SMILES string of the molecule is CCC1CN(Cc2cc3ccccc3cc2N)CCO1. The summed E-state index contributed by atoms with van der Waals surface area (Å²) in [6.07, 6.45) is 1.44. The normalized spacial score (nSPS) is 20.4. The van der Waals surface area contributed by atoms with E-state index in [2.05, 4.69) is 48.2 Å². The summed E-state index contributed by atoms with van der Waals surface area (Å²) in [5.74, 6) is 0. The molecule has 1 saturated heterocycles. The molecule has 1 unspecified atom stereocenters. The Balaban J connectivity index is 1.81. The molecule has 2 aromatic rings. The Morgan fingerprint density at radius 3 is 2.75 bits per heavy atom. The predicted molar refractivity (Wildman–Crippen MR) is 83.7 cm³/mol. The number of nitrogens with zero attached hydrogens (tertiary/aromatic N) is 1. The van der Waals surface area contributed by atoms with Gasteiger partial charge in [0.05, 0.1) is 12.7 Å². The molecular weight excluding hydrogens is 248 g/mol. The first-order valence-corrected chi connectivity index (χ1v) is 7.37. The molecule has 0 bridgehead atoms. The number of hydrogen-bond acceptors (Lipinski definition) is 3. The van der Waals surface area contributed by atoms with Gasteiger partial charge in [-0.15, -0.1) is 0 Å². The van der Waals surface area contributed by atoms with Crippen molar-refractivity contribution in [3.63, 3.8) is 0 Å². The molecule has 1 fully saturated rings. The molecule has 1 heterocycles. The third-order valence-corrected chi connectivity index (χ3v) is 4.08. The first-order chi connectivity index (χ1) is 9.76. The Bertz CT molecular complexity index is 597. The zero-order valence-corrected chi connectivity index (χ0v) is 12.0. The van der Waals surface area contributed by atoms with Gasteiger partial charge in [0.15, 0.2) is 0 Å². The van der Waals surface area contributed by atoms with E-state index in [0.717, 1.165) is 38.3 Å². The summed E-state index contributed by atoms with van der Waals surface area (Å²) in [6.45, 7) is 5.91. The molecule has 0 amide bonds. The molecule has 20 heavy (non-hydrogen) atoms. The van der Waals surface area contributed by atoms with Crippen LogP contribution in [0, 0.1) is 0 Å². The summed E-state index contributed by atoms with van der Waals surface area (Å²) in [5.41, 5.74) is 8.33. The van der Waals surface area contributed by atoms with E-state index in [4.69, 9.17) is 10.5 Å². The summed E-state index contributed by atoms with van der Waals surface area (Å²) in [6, 6.07) is 12.7. The van der Waals surface area contributed by atoms with Crippen molar-refractivity contribution in [2.75, 3.05) is 25.4 Å². The standard InChI is InChI=1S/C17H22N2O/c1-2-16-12-19(7-8-20-16)11-15-9-13-5-3-4-6-14(13)10-17(15)18/h3-6,9-10,16H,2,7-8,11-12,18H2,1H3. The van der Waals surface area contributed by atoms with Gasteiger partial charge in [-0.1, -0.05) is 31.2 Å². The summed E-state index contributed by atoms with van der Waals surface area (Å²) < 4.78 is 5.72. The lowest BCUT2D eigenvalue weighted by Crippen LogP contribution is -2.41. The Morgan fingerprint density at radius 2 is 2.00 bits per heavy atom. The van der Waals surface area contributed by atoms with Gasteiger partial charge in [-0.25, -0.2) is 0 Å². The molecule has 0 aromatic heterocycles. The van der Waals surface area contributed by atoms with Crippen LogP contribution in [0.2, 0.25) is 0 Å². The third kappa shape index (κ3) is 2.79. The maximum Gasteiger partial charge on any atom is 0.0700 e. The van der Waals surface area contributed by atoms with Gasteiger partial charge in [0.25, 0.3) is 0 Å². The lowest BCUT2D eigenvalue weighted by atomic mass is 10.0. The number of nitrogen functional groups attached to an aromatic ring is 1. The van der Waals surface area contributed by atoms with Crippen molar-refractivity contribution in [3.8, 4) is 0 Å². The van der Waals surface area contributed by atoms with Crippen LogP contribution in [-0.4, -0.2) is 30.7 Å². The minimum absolute atomic E-state index is 0.366. The van der Waals surface area contributed by atoms with Gasteiger partial charge in [-0.05, 0) is 34.9 Å². The highest BCUT2D eigenvalue weighted by molar-refractivity contribution is 5.86. The predicted octanol–water partition coefficient (Wildman–Crippen LogP) is 3.03. The number of morpholine rings is 1. The van der Waals surface area contributed by atoms with Crippen LogP contribution in [-0.2, 0) is 11.3 Å². The van der Waals surface area contributed by atoms with E-state index in [1.807, 2.05) is 0 Å². The number of fused-ring (bicyclic) bond motifs is 1. The van der Waals surface area contributed by atoms with Gasteiger partial charge in [-0.2, -0.15) is 0 Å². The highest BCUT2D eigenvalue weighted by atomic mass is 16.5. The van der Waals surface area contributed by atoms with Crippen LogP contribution in [0.3, 0.4) is 0 Å². The number of ether oxygens (including phenoxy) is 1. The molecule has 2 N–H and O–H groups in total. The van der Waals surface area contributed by atoms with E-state index in [9.17, 15) is 0 Å². The fourth-order valence-electron chi connectivity index (χ4n) is 2.85. The number of hydrogen-bond donors (Lipinski definition) is 1. The van der Waals surface area contributed by atoms with Crippen LogP contribution >= 0.6 is 0 Å². The molecule has 0 aliphatic carbocycles. The highest BCUT2D eigenvalue weighted by Gasteiger charge is 2.19. The smallest absolute Gasteiger partial charge is 0.0700 e.